The molecule has 7 heteroatoms. The van der Waals surface area contributed by atoms with Gasteiger partial charge in [-0.1, -0.05) is 0 Å². The number of carbonyl (C=O) groups excluding carboxylic acids is 1. The lowest BCUT2D eigenvalue weighted by atomic mass is 10.2. The number of aromatic nitrogens is 2. The van der Waals surface area contributed by atoms with Gasteiger partial charge >= 0.3 is 0 Å². The van der Waals surface area contributed by atoms with Gasteiger partial charge in [0.05, 0.1) is 11.4 Å². The molecule has 0 saturated heterocycles. The van der Waals surface area contributed by atoms with E-state index in [2.05, 4.69) is 20.3 Å². The fourth-order valence-electron chi connectivity index (χ4n) is 1.62. The topological polar surface area (TPSA) is 120 Å². The van der Waals surface area contributed by atoms with Crippen molar-refractivity contribution < 1.29 is 9.42 Å². The van der Waals surface area contributed by atoms with Crippen LogP contribution in [0.5, 0.6) is 0 Å². The SMILES string of the molecule is CC(CC(N)=O)Nc1ccc(N)c2nonc12. The smallest absolute Gasteiger partial charge is 0.219 e. The van der Waals surface area contributed by atoms with Gasteiger partial charge in [-0.15, -0.1) is 0 Å². The van der Waals surface area contributed by atoms with Crippen molar-refractivity contribution in [3.8, 4) is 0 Å². The molecule has 1 aromatic heterocycles. The third-order valence-corrected chi connectivity index (χ3v) is 2.36. The van der Waals surface area contributed by atoms with Crippen LogP contribution in [-0.2, 0) is 4.79 Å². The van der Waals surface area contributed by atoms with Gasteiger partial charge < -0.3 is 16.8 Å². The van der Waals surface area contributed by atoms with E-state index in [0.29, 0.717) is 22.4 Å². The number of anilines is 2. The standard InChI is InChI=1S/C10H13N5O2/c1-5(4-8(12)16)13-7-3-2-6(11)9-10(7)15-17-14-9/h2-3,5,13H,4,11H2,1H3,(H2,12,16). The van der Waals surface area contributed by atoms with E-state index in [4.69, 9.17) is 11.5 Å². The number of rotatable bonds is 4. The number of nitrogens with two attached hydrogens (primary N) is 2. The lowest BCUT2D eigenvalue weighted by Gasteiger charge is -2.13. The van der Waals surface area contributed by atoms with Crippen molar-refractivity contribution in [2.45, 2.75) is 19.4 Å². The highest BCUT2D eigenvalue weighted by atomic mass is 16.6. The van der Waals surface area contributed by atoms with Crippen molar-refractivity contribution in [1.82, 2.24) is 10.3 Å². The summed E-state index contributed by atoms with van der Waals surface area (Å²) in [4.78, 5) is 10.8. The van der Waals surface area contributed by atoms with Crippen molar-refractivity contribution in [3.05, 3.63) is 12.1 Å². The predicted octanol–water partition coefficient (Wildman–Crippen LogP) is 0.481. The molecule has 90 valence electrons. The molecule has 0 bridgehead atoms. The summed E-state index contributed by atoms with van der Waals surface area (Å²) in [7, 11) is 0. The summed E-state index contributed by atoms with van der Waals surface area (Å²) in [5, 5.41) is 10.6. The lowest BCUT2D eigenvalue weighted by Crippen LogP contribution is -2.24. The highest BCUT2D eigenvalue weighted by Crippen LogP contribution is 2.25. The molecule has 5 N–H and O–H groups in total. The van der Waals surface area contributed by atoms with E-state index in [0.717, 1.165) is 0 Å². The number of fused-ring (bicyclic) bond motifs is 1. The Morgan fingerprint density at radius 3 is 2.88 bits per heavy atom. The van der Waals surface area contributed by atoms with Gasteiger partial charge in [0.15, 0.2) is 11.0 Å². The Balaban J connectivity index is 2.27. The maximum Gasteiger partial charge on any atom is 0.219 e. The Morgan fingerprint density at radius 2 is 2.18 bits per heavy atom. The highest BCUT2D eigenvalue weighted by molar-refractivity contribution is 5.95. The fraction of sp³-hybridized carbons (Fsp3) is 0.300. The molecule has 7 nitrogen and oxygen atoms in total. The van der Waals surface area contributed by atoms with Gasteiger partial charge in [-0.05, 0) is 29.4 Å². The summed E-state index contributed by atoms with van der Waals surface area (Å²) >= 11 is 0. The first-order valence-corrected chi connectivity index (χ1v) is 5.13. The van der Waals surface area contributed by atoms with E-state index < -0.39 is 0 Å². The van der Waals surface area contributed by atoms with E-state index in [1.54, 1.807) is 12.1 Å². The molecule has 0 aliphatic carbocycles. The van der Waals surface area contributed by atoms with E-state index >= 15 is 0 Å². The highest BCUT2D eigenvalue weighted by Gasteiger charge is 2.12. The Bertz CT molecular complexity index is 551. The van der Waals surface area contributed by atoms with E-state index in [9.17, 15) is 4.79 Å². The number of nitrogen functional groups attached to an aromatic ring is 1. The average Bonchev–Trinajstić information content (AvgIpc) is 2.70. The second kappa shape index (κ2) is 4.28. The number of hydrogen-bond donors (Lipinski definition) is 3. The van der Waals surface area contributed by atoms with Crippen LogP contribution in [0.1, 0.15) is 13.3 Å². The third kappa shape index (κ3) is 2.27. The Morgan fingerprint density at radius 1 is 1.47 bits per heavy atom. The Hall–Kier alpha value is -2.31. The molecule has 1 amide bonds. The van der Waals surface area contributed by atoms with Gasteiger partial charge in [-0.25, -0.2) is 4.63 Å². The van der Waals surface area contributed by atoms with Crippen LogP contribution in [0.3, 0.4) is 0 Å². The van der Waals surface area contributed by atoms with Crippen LogP contribution in [-0.4, -0.2) is 22.3 Å². The van der Waals surface area contributed by atoms with Gasteiger partial charge in [0.25, 0.3) is 0 Å². The first-order valence-electron chi connectivity index (χ1n) is 5.13. The average molecular weight is 235 g/mol. The third-order valence-electron chi connectivity index (χ3n) is 2.36. The number of nitrogens with one attached hydrogen (secondary N) is 1. The van der Waals surface area contributed by atoms with Crippen molar-refractivity contribution in [2.24, 2.45) is 5.73 Å². The molecule has 0 spiro atoms. The minimum Gasteiger partial charge on any atom is -0.397 e. The van der Waals surface area contributed by atoms with Crippen LogP contribution >= 0.6 is 0 Å². The van der Waals surface area contributed by atoms with Crippen LogP contribution in [0.4, 0.5) is 11.4 Å². The Labute approximate surface area is 97.1 Å². The van der Waals surface area contributed by atoms with Crippen molar-refractivity contribution in [2.75, 3.05) is 11.1 Å². The Kier molecular flexibility index (Phi) is 2.82. The van der Waals surface area contributed by atoms with Crippen molar-refractivity contribution in [1.29, 1.82) is 0 Å². The number of nitrogens with zero attached hydrogens (tertiary/aromatic N) is 2. The minimum absolute atomic E-state index is 0.101. The first kappa shape index (κ1) is 11.2. The molecule has 0 aliphatic heterocycles. The molecule has 1 unspecified atom stereocenters. The molecule has 17 heavy (non-hydrogen) atoms. The second-order valence-corrected chi connectivity index (χ2v) is 3.88. The molecule has 1 heterocycles. The number of amides is 1. The lowest BCUT2D eigenvalue weighted by molar-refractivity contribution is -0.118. The molecule has 1 aromatic carbocycles. The quantitative estimate of drug-likeness (QED) is 0.663. The van der Waals surface area contributed by atoms with Crippen LogP contribution in [0.15, 0.2) is 16.8 Å². The van der Waals surface area contributed by atoms with Gasteiger partial charge in [0.2, 0.25) is 5.91 Å². The van der Waals surface area contributed by atoms with Crippen LogP contribution in [0.2, 0.25) is 0 Å². The molecule has 0 aliphatic rings. The van der Waals surface area contributed by atoms with Crippen LogP contribution in [0.25, 0.3) is 11.0 Å². The summed E-state index contributed by atoms with van der Waals surface area (Å²) in [6, 6.07) is 3.36. The summed E-state index contributed by atoms with van der Waals surface area (Å²) < 4.78 is 4.64. The first-order chi connectivity index (χ1) is 8.08. The largest absolute Gasteiger partial charge is 0.397 e. The molecular weight excluding hydrogens is 222 g/mol. The van der Waals surface area contributed by atoms with Crippen LogP contribution in [0, 0.1) is 0 Å². The van der Waals surface area contributed by atoms with E-state index in [-0.39, 0.29) is 18.4 Å². The zero-order valence-electron chi connectivity index (χ0n) is 9.30. The van der Waals surface area contributed by atoms with Gasteiger partial charge in [0.1, 0.15) is 0 Å². The molecule has 0 fully saturated rings. The van der Waals surface area contributed by atoms with E-state index in [1.165, 1.54) is 0 Å². The van der Waals surface area contributed by atoms with Gasteiger partial charge in [0, 0.05) is 12.5 Å². The maximum atomic E-state index is 10.8. The van der Waals surface area contributed by atoms with Crippen molar-refractivity contribution >= 4 is 28.3 Å². The molecule has 2 aromatic rings. The van der Waals surface area contributed by atoms with E-state index in [1.807, 2.05) is 6.92 Å². The summed E-state index contributed by atoms with van der Waals surface area (Å²) in [5.41, 5.74) is 13.1. The molecule has 1 atom stereocenters. The molecule has 0 radical (unpaired) electrons. The number of benzene rings is 1. The molecule has 2 rings (SSSR count). The van der Waals surface area contributed by atoms with Crippen LogP contribution < -0.4 is 16.8 Å². The van der Waals surface area contributed by atoms with Gasteiger partial charge in [-0.3, -0.25) is 4.79 Å². The second-order valence-electron chi connectivity index (χ2n) is 3.88. The minimum atomic E-state index is -0.366. The normalized spacial score (nSPS) is 12.5. The fourth-order valence-corrected chi connectivity index (χ4v) is 1.62. The summed E-state index contributed by atoms with van der Waals surface area (Å²) in [6.07, 6.45) is 0.233. The molecule has 0 saturated carbocycles. The van der Waals surface area contributed by atoms with Gasteiger partial charge in [-0.2, -0.15) is 0 Å². The van der Waals surface area contributed by atoms with Crippen molar-refractivity contribution in [3.63, 3.8) is 0 Å². The maximum absolute atomic E-state index is 10.8. The molecular formula is C10H13N5O2. The zero-order chi connectivity index (χ0) is 12.4. The summed E-state index contributed by atoms with van der Waals surface area (Å²) in [5.74, 6) is -0.366. The summed E-state index contributed by atoms with van der Waals surface area (Å²) in [6.45, 7) is 1.85. The number of primary amides is 1. The monoisotopic (exact) mass is 235 g/mol. The predicted molar refractivity (Wildman–Crippen MR) is 63.1 cm³/mol. The number of hydrogen-bond acceptors (Lipinski definition) is 6. The zero-order valence-corrected chi connectivity index (χ0v) is 9.30. The number of carbonyl (C=O) groups is 1.